The Labute approximate surface area is 76.8 Å². The molecule has 3 heteroatoms. The van der Waals surface area contributed by atoms with E-state index in [-0.39, 0.29) is 17.7 Å². The molecule has 0 saturated heterocycles. The summed E-state index contributed by atoms with van der Waals surface area (Å²) in [6, 6.07) is 0. The molecule has 70 valence electrons. The minimum atomic E-state index is -0.382. The highest BCUT2D eigenvalue weighted by atomic mass is 16.5. The summed E-state index contributed by atoms with van der Waals surface area (Å²) in [6.45, 7) is 1.51. The van der Waals surface area contributed by atoms with Crippen LogP contribution in [0.5, 0.6) is 0 Å². The van der Waals surface area contributed by atoms with Gasteiger partial charge in [-0.2, -0.15) is 0 Å². The van der Waals surface area contributed by atoms with Crippen LogP contribution < -0.4 is 0 Å². The zero-order valence-electron chi connectivity index (χ0n) is 7.63. The number of rotatable bonds is 1. The van der Waals surface area contributed by atoms with Gasteiger partial charge in [0.25, 0.3) is 0 Å². The maximum absolute atomic E-state index is 11.4. The van der Waals surface area contributed by atoms with Crippen LogP contribution in [-0.2, 0) is 14.3 Å². The molecule has 13 heavy (non-hydrogen) atoms. The summed E-state index contributed by atoms with van der Waals surface area (Å²) in [4.78, 5) is 22.4. The van der Waals surface area contributed by atoms with Crippen molar-refractivity contribution in [1.29, 1.82) is 0 Å². The molecule has 0 spiro atoms. The maximum atomic E-state index is 11.4. The summed E-state index contributed by atoms with van der Waals surface area (Å²) in [5, 5.41) is 0. The minimum absolute atomic E-state index is 0.0159. The molecule has 0 aromatic heterocycles. The van der Waals surface area contributed by atoms with Gasteiger partial charge in [0.1, 0.15) is 5.76 Å². The maximum Gasteiger partial charge on any atom is 0.170 e. The van der Waals surface area contributed by atoms with Crippen LogP contribution in [0, 0.1) is 0 Å². The number of hydrogen-bond donors (Lipinski definition) is 0. The molecule has 0 amide bonds. The third-order valence-electron chi connectivity index (χ3n) is 2.61. The van der Waals surface area contributed by atoms with Crippen LogP contribution in [-0.4, -0.2) is 17.7 Å². The number of allylic oxidation sites excluding steroid dienone is 1. The smallest absolute Gasteiger partial charge is 0.170 e. The first kappa shape index (κ1) is 8.48. The van der Waals surface area contributed by atoms with Crippen LogP contribution in [0.4, 0.5) is 0 Å². The average molecular weight is 180 g/mol. The summed E-state index contributed by atoms with van der Waals surface area (Å²) < 4.78 is 5.41. The second-order valence-corrected chi connectivity index (χ2v) is 3.60. The number of ketones is 2. The van der Waals surface area contributed by atoms with E-state index >= 15 is 0 Å². The first-order valence-corrected chi connectivity index (χ1v) is 4.61. The zero-order chi connectivity index (χ0) is 9.42. The van der Waals surface area contributed by atoms with Crippen LogP contribution in [0.3, 0.4) is 0 Å². The van der Waals surface area contributed by atoms with Crippen molar-refractivity contribution in [2.45, 2.75) is 38.7 Å². The van der Waals surface area contributed by atoms with Gasteiger partial charge < -0.3 is 4.74 Å². The van der Waals surface area contributed by atoms with E-state index in [4.69, 9.17) is 4.74 Å². The van der Waals surface area contributed by atoms with Crippen molar-refractivity contribution in [3.8, 4) is 0 Å². The van der Waals surface area contributed by atoms with Crippen molar-refractivity contribution in [1.82, 2.24) is 0 Å². The molecular formula is C10H12O3. The standard InChI is InChI=1S/C10H12O3/c1-6(11)10-5-7-8(12)3-2-4-9(7)13-10/h10H,2-5H2,1H3. The molecule has 1 atom stereocenters. The van der Waals surface area contributed by atoms with Gasteiger partial charge in [-0.15, -0.1) is 0 Å². The Morgan fingerprint density at radius 2 is 2.23 bits per heavy atom. The van der Waals surface area contributed by atoms with Crippen LogP contribution in [0.15, 0.2) is 11.3 Å². The Bertz CT molecular complexity index is 301. The van der Waals surface area contributed by atoms with Crippen molar-refractivity contribution in [2.24, 2.45) is 0 Å². The molecule has 0 N–H and O–H groups in total. The molecule has 0 bridgehead atoms. The van der Waals surface area contributed by atoms with Gasteiger partial charge in [-0.3, -0.25) is 9.59 Å². The number of Topliss-reactive ketones (excluding diaryl/α,β-unsaturated/α-hetero) is 2. The van der Waals surface area contributed by atoms with Gasteiger partial charge in [-0.1, -0.05) is 0 Å². The lowest BCUT2D eigenvalue weighted by atomic mass is 9.94. The normalized spacial score (nSPS) is 27.2. The molecule has 0 fully saturated rings. The Morgan fingerprint density at radius 1 is 1.46 bits per heavy atom. The lowest BCUT2D eigenvalue weighted by Gasteiger charge is -2.11. The topological polar surface area (TPSA) is 43.4 Å². The summed E-state index contributed by atoms with van der Waals surface area (Å²) in [5.74, 6) is 0.962. The number of carbonyl (C=O) groups excluding carboxylic acids is 2. The highest BCUT2D eigenvalue weighted by Crippen LogP contribution is 2.33. The molecule has 0 saturated carbocycles. The van der Waals surface area contributed by atoms with Gasteiger partial charge in [-0.25, -0.2) is 0 Å². The molecular weight excluding hydrogens is 168 g/mol. The van der Waals surface area contributed by atoms with Gasteiger partial charge in [0.2, 0.25) is 0 Å². The van der Waals surface area contributed by atoms with Gasteiger partial charge in [0, 0.05) is 24.8 Å². The third-order valence-corrected chi connectivity index (χ3v) is 2.61. The van der Waals surface area contributed by atoms with E-state index in [1.54, 1.807) is 0 Å². The largest absolute Gasteiger partial charge is 0.486 e. The zero-order valence-corrected chi connectivity index (χ0v) is 7.63. The van der Waals surface area contributed by atoms with Crippen LogP contribution >= 0.6 is 0 Å². The molecule has 2 aliphatic rings. The van der Waals surface area contributed by atoms with Crippen molar-refractivity contribution < 1.29 is 14.3 Å². The number of hydrogen-bond acceptors (Lipinski definition) is 3. The van der Waals surface area contributed by atoms with E-state index in [0.29, 0.717) is 12.8 Å². The van der Waals surface area contributed by atoms with Crippen LogP contribution in [0.2, 0.25) is 0 Å². The fraction of sp³-hybridized carbons (Fsp3) is 0.600. The lowest BCUT2D eigenvalue weighted by Crippen LogP contribution is -2.16. The molecule has 0 aromatic rings. The Balaban J connectivity index is 2.18. The van der Waals surface area contributed by atoms with Gasteiger partial charge in [-0.05, 0) is 13.3 Å². The fourth-order valence-corrected chi connectivity index (χ4v) is 1.85. The Morgan fingerprint density at radius 3 is 2.85 bits per heavy atom. The molecule has 2 rings (SSSR count). The number of carbonyl (C=O) groups is 2. The molecule has 1 unspecified atom stereocenters. The number of ether oxygens (including phenoxy) is 1. The fourth-order valence-electron chi connectivity index (χ4n) is 1.85. The highest BCUT2D eigenvalue weighted by Gasteiger charge is 2.34. The summed E-state index contributed by atoms with van der Waals surface area (Å²) in [6.07, 6.45) is 2.43. The summed E-state index contributed by atoms with van der Waals surface area (Å²) in [7, 11) is 0. The van der Waals surface area contributed by atoms with Crippen molar-refractivity contribution >= 4 is 11.6 Å². The lowest BCUT2D eigenvalue weighted by molar-refractivity contribution is -0.125. The summed E-state index contributed by atoms with van der Waals surface area (Å²) >= 11 is 0. The predicted molar refractivity (Wildman–Crippen MR) is 46.1 cm³/mol. The minimum Gasteiger partial charge on any atom is -0.486 e. The van der Waals surface area contributed by atoms with Crippen molar-refractivity contribution in [3.63, 3.8) is 0 Å². The van der Waals surface area contributed by atoms with Gasteiger partial charge in [0.05, 0.1) is 0 Å². The average Bonchev–Trinajstić information content (AvgIpc) is 2.49. The SMILES string of the molecule is CC(=O)C1CC2=C(CCCC2=O)O1. The molecule has 1 aliphatic heterocycles. The van der Waals surface area contributed by atoms with E-state index in [0.717, 1.165) is 24.2 Å². The Hall–Kier alpha value is -1.12. The van der Waals surface area contributed by atoms with Crippen molar-refractivity contribution in [3.05, 3.63) is 11.3 Å². The van der Waals surface area contributed by atoms with E-state index in [2.05, 4.69) is 0 Å². The highest BCUT2D eigenvalue weighted by molar-refractivity contribution is 5.98. The molecule has 3 nitrogen and oxygen atoms in total. The molecule has 1 heterocycles. The van der Waals surface area contributed by atoms with Crippen LogP contribution in [0.1, 0.15) is 32.6 Å². The molecule has 0 aromatic carbocycles. The van der Waals surface area contributed by atoms with E-state index in [9.17, 15) is 9.59 Å². The summed E-state index contributed by atoms with van der Waals surface area (Å²) in [5.41, 5.74) is 0.770. The van der Waals surface area contributed by atoms with E-state index in [1.165, 1.54) is 6.92 Å². The first-order valence-electron chi connectivity index (χ1n) is 4.61. The Kier molecular flexibility index (Phi) is 1.94. The van der Waals surface area contributed by atoms with E-state index < -0.39 is 0 Å². The van der Waals surface area contributed by atoms with E-state index in [1.807, 2.05) is 0 Å². The van der Waals surface area contributed by atoms with Gasteiger partial charge in [0.15, 0.2) is 17.7 Å². The monoisotopic (exact) mass is 180 g/mol. The van der Waals surface area contributed by atoms with Gasteiger partial charge >= 0.3 is 0 Å². The predicted octanol–water partition coefficient (Wildman–Crippen LogP) is 1.37. The van der Waals surface area contributed by atoms with Crippen molar-refractivity contribution in [2.75, 3.05) is 0 Å². The first-order chi connectivity index (χ1) is 6.18. The second kappa shape index (κ2) is 2.98. The second-order valence-electron chi connectivity index (χ2n) is 3.60. The van der Waals surface area contributed by atoms with Crippen LogP contribution in [0.25, 0.3) is 0 Å². The quantitative estimate of drug-likeness (QED) is 0.612. The molecule has 1 aliphatic carbocycles. The third kappa shape index (κ3) is 1.39. The molecule has 0 radical (unpaired) electrons.